The third-order valence-electron chi connectivity index (χ3n) is 3.84. The van der Waals surface area contributed by atoms with Crippen molar-refractivity contribution in [2.45, 2.75) is 26.8 Å². The highest BCUT2D eigenvalue weighted by molar-refractivity contribution is 5.94. The van der Waals surface area contributed by atoms with Crippen molar-refractivity contribution in [1.29, 1.82) is 0 Å². The molecule has 1 heterocycles. The molecule has 0 atom stereocenters. The number of rotatable bonds is 6. The average molecular weight is 275 g/mol. The Hall–Kier alpha value is -1.55. The van der Waals surface area contributed by atoms with Gasteiger partial charge in [0.1, 0.15) is 0 Å². The predicted molar refractivity (Wildman–Crippen MR) is 83.3 cm³/mol. The SMILES string of the molecule is CCN(c1ccc(C(=O)NCC2CNC2)cc1)C(C)C. The lowest BCUT2D eigenvalue weighted by molar-refractivity contribution is 0.0942. The maximum Gasteiger partial charge on any atom is 0.251 e. The number of hydrogen-bond acceptors (Lipinski definition) is 3. The molecule has 0 bridgehead atoms. The average Bonchev–Trinajstić information content (AvgIpc) is 2.38. The molecule has 0 aromatic heterocycles. The number of anilines is 1. The fourth-order valence-electron chi connectivity index (χ4n) is 2.48. The first-order valence-electron chi connectivity index (χ1n) is 7.47. The van der Waals surface area contributed by atoms with E-state index >= 15 is 0 Å². The van der Waals surface area contributed by atoms with Crippen LogP contribution in [0.5, 0.6) is 0 Å². The molecule has 1 fully saturated rings. The van der Waals surface area contributed by atoms with Crippen LogP contribution in [0.25, 0.3) is 0 Å². The molecule has 0 unspecified atom stereocenters. The first-order valence-corrected chi connectivity index (χ1v) is 7.47. The second kappa shape index (κ2) is 6.75. The van der Waals surface area contributed by atoms with Gasteiger partial charge in [0, 0.05) is 49.4 Å². The number of carbonyl (C=O) groups is 1. The van der Waals surface area contributed by atoms with Gasteiger partial charge in [-0.05, 0) is 45.0 Å². The lowest BCUT2D eigenvalue weighted by atomic mass is 10.0. The Labute approximate surface area is 121 Å². The van der Waals surface area contributed by atoms with Crippen LogP contribution >= 0.6 is 0 Å². The van der Waals surface area contributed by atoms with Gasteiger partial charge in [-0.1, -0.05) is 0 Å². The van der Waals surface area contributed by atoms with Crippen LogP contribution in [0.2, 0.25) is 0 Å². The zero-order valence-electron chi connectivity index (χ0n) is 12.6. The summed E-state index contributed by atoms with van der Waals surface area (Å²) in [5, 5.41) is 6.20. The molecular weight excluding hydrogens is 250 g/mol. The van der Waals surface area contributed by atoms with E-state index in [-0.39, 0.29) is 5.91 Å². The van der Waals surface area contributed by atoms with Crippen LogP contribution < -0.4 is 15.5 Å². The van der Waals surface area contributed by atoms with E-state index in [1.807, 2.05) is 24.3 Å². The molecule has 0 radical (unpaired) electrons. The fourth-order valence-corrected chi connectivity index (χ4v) is 2.48. The van der Waals surface area contributed by atoms with E-state index in [0.29, 0.717) is 12.0 Å². The largest absolute Gasteiger partial charge is 0.369 e. The molecule has 1 aliphatic rings. The second-order valence-electron chi connectivity index (χ2n) is 5.66. The molecule has 0 aliphatic carbocycles. The normalized spacial score (nSPS) is 15.0. The van der Waals surface area contributed by atoms with E-state index in [4.69, 9.17) is 0 Å². The molecule has 0 spiro atoms. The Morgan fingerprint density at radius 1 is 1.35 bits per heavy atom. The Kier molecular flexibility index (Phi) is 5.01. The topological polar surface area (TPSA) is 44.4 Å². The van der Waals surface area contributed by atoms with Gasteiger partial charge in [-0.2, -0.15) is 0 Å². The van der Waals surface area contributed by atoms with Gasteiger partial charge in [-0.15, -0.1) is 0 Å². The number of nitrogens with zero attached hydrogens (tertiary/aromatic N) is 1. The molecule has 1 aliphatic heterocycles. The van der Waals surface area contributed by atoms with Crippen molar-refractivity contribution in [1.82, 2.24) is 10.6 Å². The third-order valence-corrected chi connectivity index (χ3v) is 3.84. The van der Waals surface area contributed by atoms with E-state index in [9.17, 15) is 4.79 Å². The van der Waals surface area contributed by atoms with Gasteiger partial charge in [0.25, 0.3) is 5.91 Å². The van der Waals surface area contributed by atoms with Gasteiger partial charge >= 0.3 is 0 Å². The summed E-state index contributed by atoms with van der Waals surface area (Å²) in [6.07, 6.45) is 0. The van der Waals surface area contributed by atoms with E-state index in [1.54, 1.807) is 0 Å². The van der Waals surface area contributed by atoms with Gasteiger partial charge in [-0.3, -0.25) is 4.79 Å². The first-order chi connectivity index (χ1) is 9.61. The minimum atomic E-state index is 0.0241. The van der Waals surface area contributed by atoms with Crippen LogP contribution in [0.4, 0.5) is 5.69 Å². The van der Waals surface area contributed by atoms with Crippen LogP contribution in [0, 0.1) is 5.92 Å². The van der Waals surface area contributed by atoms with Gasteiger partial charge in [0.15, 0.2) is 0 Å². The number of nitrogens with one attached hydrogen (secondary N) is 2. The monoisotopic (exact) mass is 275 g/mol. The van der Waals surface area contributed by atoms with Crippen molar-refractivity contribution >= 4 is 11.6 Å². The highest BCUT2D eigenvalue weighted by Crippen LogP contribution is 2.17. The van der Waals surface area contributed by atoms with Gasteiger partial charge in [0.05, 0.1) is 0 Å². The smallest absolute Gasteiger partial charge is 0.251 e. The van der Waals surface area contributed by atoms with Crippen LogP contribution in [0.3, 0.4) is 0 Å². The van der Waals surface area contributed by atoms with Crippen LogP contribution in [0.15, 0.2) is 24.3 Å². The van der Waals surface area contributed by atoms with Gasteiger partial charge in [-0.25, -0.2) is 0 Å². The summed E-state index contributed by atoms with van der Waals surface area (Å²) in [4.78, 5) is 14.3. The molecule has 2 N–H and O–H groups in total. The molecule has 1 saturated heterocycles. The summed E-state index contributed by atoms with van der Waals surface area (Å²) in [6, 6.07) is 8.35. The van der Waals surface area contributed by atoms with Crippen molar-refractivity contribution in [3.63, 3.8) is 0 Å². The first kappa shape index (κ1) is 14.9. The Morgan fingerprint density at radius 2 is 2.00 bits per heavy atom. The molecule has 110 valence electrons. The summed E-state index contributed by atoms with van der Waals surface area (Å²) >= 11 is 0. The maximum absolute atomic E-state index is 12.0. The second-order valence-corrected chi connectivity index (χ2v) is 5.66. The van der Waals surface area contributed by atoms with Crippen molar-refractivity contribution in [2.75, 3.05) is 31.1 Å². The highest BCUT2D eigenvalue weighted by Gasteiger charge is 2.17. The van der Waals surface area contributed by atoms with Crippen molar-refractivity contribution in [3.8, 4) is 0 Å². The molecule has 4 nitrogen and oxygen atoms in total. The van der Waals surface area contributed by atoms with E-state index in [0.717, 1.165) is 31.7 Å². The molecule has 1 aromatic carbocycles. The quantitative estimate of drug-likeness (QED) is 0.833. The summed E-state index contributed by atoms with van der Waals surface area (Å²) < 4.78 is 0. The van der Waals surface area contributed by atoms with E-state index in [1.165, 1.54) is 5.69 Å². The van der Waals surface area contributed by atoms with Crippen LogP contribution in [-0.4, -0.2) is 38.1 Å². The number of benzene rings is 1. The van der Waals surface area contributed by atoms with Crippen molar-refractivity contribution in [3.05, 3.63) is 29.8 Å². The third kappa shape index (κ3) is 3.51. The number of carbonyl (C=O) groups excluding carboxylic acids is 1. The Morgan fingerprint density at radius 3 is 2.45 bits per heavy atom. The highest BCUT2D eigenvalue weighted by atomic mass is 16.1. The zero-order chi connectivity index (χ0) is 14.5. The molecule has 0 saturated carbocycles. The van der Waals surface area contributed by atoms with Crippen LogP contribution in [0.1, 0.15) is 31.1 Å². The van der Waals surface area contributed by atoms with E-state index in [2.05, 4.69) is 36.3 Å². The van der Waals surface area contributed by atoms with E-state index < -0.39 is 0 Å². The predicted octanol–water partition coefficient (Wildman–Crippen LogP) is 1.87. The van der Waals surface area contributed by atoms with Crippen LogP contribution in [-0.2, 0) is 0 Å². The number of amides is 1. The maximum atomic E-state index is 12.0. The molecular formula is C16H25N3O. The Bertz CT molecular complexity index is 438. The number of hydrogen-bond donors (Lipinski definition) is 2. The van der Waals surface area contributed by atoms with Gasteiger partial charge < -0.3 is 15.5 Å². The Balaban J connectivity index is 1.94. The summed E-state index contributed by atoms with van der Waals surface area (Å²) in [6.45, 7) is 10.3. The zero-order valence-corrected chi connectivity index (χ0v) is 12.6. The lowest BCUT2D eigenvalue weighted by Gasteiger charge is -2.28. The molecule has 4 heteroatoms. The summed E-state index contributed by atoms with van der Waals surface area (Å²) in [5.41, 5.74) is 1.91. The van der Waals surface area contributed by atoms with Crippen molar-refractivity contribution in [2.24, 2.45) is 5.92 Å². The molecule has 1 aromatic rings. The van der Waals surface area contributed by atoms with Gasteiger partial charge in [0.2, 0.25) is 0 Å². The lowest BCUT2D eigenvalue weighted by Crippen LogP contribution is -2.48. The molecule has 2 rings (SSSR count). The minimum Gasteiger partial charge on any atom is -0.369 e. The standard InChI is InChI=1S/C16H25N3O/c1-4-19(12(2)3)15-7-5-14(6-8-15)16(20)18-11-13-9-17-10-13/h5-8,12-13,17H,4,9-11H2,1-3H3,(H,18,20). The van der Waals surface area contributed by atoms with Crippen molar-refractivity contribution < 1.29 is 4.79 Å². The molecule has 20 heavy (non-hydrogen) atoms. The summed E-state index contributed by atoms with van der Waals surface area (Å²) in [7, 11) is 0. The minimum absolute atomic E-state index is 0.0241. The summed E-state index contributed by atoms with van der Waals surface area (Å²) in [5.74, 6) is 0.616. The molecule has 1 amide bonds. The fraction of sp³-hybridized carbons (Fsp3) is 0.562.